The van der Waals surface area contributed by atoms with Gasteiger partial charge >= 0.3 is 0 Å². The van der Waals surface area contributed by atoms with E-state index >= 15 is 0 Å². The van der Waals surface area contributed by atoms with Crippen molar-refractivity contribution in [2.45, 2.75) is 72.5 Å². The first kappa shape index (κ1) is 30.9. The Kier molecular flexibility index (Phi) is 11.3. The highest BCUT2D eigenvalue weighted by Crippen LogP contribution is 2.26. The van der Waals surface area contributed by atoms with Crippen molar-refractivity contribution in [3.05, 3.63) is 63.1 Å². The fourth-order valence-corrected chi connectivity index (χ4v) is 5.34. The van der Waals surface area contributed by atoms with E-state index in [1.54, 1.807) is 25.1 Å². The van der Waals surface area contributed by atoms with E-state index in [0.29, 0.717) is 21.3 Å². The van der Waals surface area contributed by atoms with Crippen molar-refractivity contribution in [3.8, 4) is 0 Å². The van der Waals surface area contributed by atoms with E-state index in [0.717, 1.165) is 23.8 Å². The summed E-state index contributed by atoms with van der Waals surface area (Å²) in [4.78, 5) is 27.8. The Labute approximate surface area is 231 Å². The molecular weight excluding hydrogens is 533 g/mol. The minimum absolute atomic E-state index is 0.0353. The quantitative estimate of drug-likeness (QED) is 0.366. The van der Waals surface area contributed by atoms with Gasteiger partial charge in [0, 0.05) is 35.6 Å². The number of halogens is 2. The lowest BCUT2D eigenvalue weighted by Crippen LogP contribution is -2.49. The zero-order chi connectivity index (χ0) is 27.9. The summed E-state index contributed by atoms with van der Waals surface area (Å²) >= 11 is 12.4. The summed E-state index contributed by atoms with van der Waals surface area (Å²) in [5.41, 5.74) is 3.03. The van der Waals surface area contributed by atoms with Gasteiger partial charge < -0.3 is 10.2 Å². The molecule has 0 unspecified atom stereocenters. The number of carbonyl (C=O) groups excluding carboxylic acids is 2. The predicted molar refractivity (Wildman–Crippen MR) is 152 cm³/mol. The van der Waals surface area contributed by atoms with Gasteiger partial charge in [0.2, 0.25) is 21.8 Å². The summed E-state index contributed by atoms with van der Waals surface area (Å²) in [5.74, 6) is -0.534. The van der Waals surface area contributed by atoms with Crippen LogP contribution in [0.5, 0.6) is 0 Å². The summed E-state index contributed by atoms with van der Waals surface area (Å²) in [6, 6.07) is 9.86. The highest BCUT2D eigenvalue weighted by Gasteiger charge is 2.28. The molecule has 0 aliphatic carbocycles. The van der Waals surface area contributed by atoms with Crippen molar-refractivity contribution in [1.29, 1.82) is 0 Å². The van der Waals surface area contributed by atoms with Gasteiger partial charge in [0.1, 0.15) is 6.04 Å². The average Bonchev–Trinajstić information content (AvgIpc) is 2.81. The molecular formula is C27H37Cl2N3O4S. The molecule has 0 heterocycles. The second-order valence-corrected chi connectivity index (χ2v) is 12.2. The van der Waals surface area contributed by atoms with E-state index in [9.17, 15) is 18.0 Å². The lowest BCUT2D eigenvalue weighted by Gasteiger charge is -2.30. The Bertz CT molecular complexity index is 1220. The van der Waals surface area contributed by atoms with Crippen molar-refractivity contribution in [1.82, 2.24) is 10.2 Å². The van der Waals surface area contributed by atoms with Crippen LogP contribution in [-0.2, 0) is 26.2 Å². The average molecular weight is 571 g/mol. The normalized spacial score (nSPS) is 13.1. The number of aryl methyl sites for hydroxylation is 2. The van der Waals surface area contributed by atoms with E-state index in [4.69, 9.17) is 23.2 Å². The zero-order valence-corrected chi connectivity index (χ0v) is 24.7. The van der Waals surface area contributed by atoms with Gasteiger partial charge in [-0.1, -0.05) is 48.3 Å². The number of rotatable bonds is 12. The second-order valence-electron chi connectivity index (χ2n) is 9.48. The summed E-state index contributed by atoms with van der Waals surface area (Å²) < 4.78 is 26.5. The molecule has 0 radical (unpaired) electrons. The number of anilines is 1. The first-order chi connectivity index (χ1) is 17.2. The third-order valence-corrected chi connectivity index (χ3v) is 8.08. The molecule has 0 aliphatic heterocycles. The largest absolute Gasteiger partial charge is 0.352 e. The number of amides is 2. The Morgan fingerprint density at radius 1 is 1.05 bits per heavy atom. The molecule has 1 N–H and O–H groups in total. The van der Waals surface area contributed by atoms with Crippen LogP contribution in [0.3, 0.4) is 0 Å². The highest BCUT2D eigenvalue weighted by molar-refractivity contribution is 7.92. The first-order valence-corrected chi connectivity index (χ1v) is 14.9. The van der Waals surface area contributed by atoms with E-state index in [2.05, 4.69) is 5.32 Å². The Hall–Kier alpha value is -2.29. The molecule has 2 amide bonds. The lowest BCUT2D eigenvalue weighted by molar-refractivity contribution is -0.140. The molecule has 0 bridgehead atoms. The molecule has 2 aromatic rings. The third-order valence-electron chi connectivity index (χ3n) is 6.31. The summed E-state index contributed by atoms with van der Waals surface area (Å²) in [6.45, 7) is 9.56. The van der Waals surface area contributed by atoms with Crippen LogP contribution in [0.1, 0.15) is 56.7 Å². The van der Waals surface area contributed by atoms with E-state index in [1.165, 1.54) is 9.21 Å². The van der Waals surface area contributed by atoms with Gasteiger partial charge in [-0.25, -0.2) is 8.42 Å². The molecule has 0 saturated heterocycles. The maximum Gasteiger partial charge on any atom is 0.242 e. The van der Waals surface area contributed by atoms with Gasteiger partial charge in [0.15, 0.2) is 0 Å². The first-order valence-electron chi connectivity index (χ1n) is 12.3. The van der Waals surface area contributed by atoms with Crippen molar-refractivity contribution >= 4 is 50.7 Å². The fourth-order valence-electron chi connectivity index (χ4n) is 3.85. The lowest BCUT2D eigenvalue weighted by atomic mass is 10.1. The molecule has 7 nitrogen and oxygen atoms in total. The van der Waals surface area contributed by atoms with Crippen molar-refractivity contribution in [3.63, 3.8) is 0 Å². The Morgan fingerprint density at radius 2 is 1.73 bits per heavy atom. The number of nitrogens with zero attached hydrogens (tertiary/aromatic N) is 2. The third kappa shape index (κ3) is 8.90. The van der Waals surface area contributed by atoms with Gasteiger partial charge in [0.25, 0.3) is 0 Å². The molecule has 37 heavy (non-hydrogen) atoms. The molecule has 0 fully saturated rings. The number of hydrogen-bond acceptors (Lipinski definition) is 4. The maximum absolute atomic E-state index is 13.4. The molecule has 204 valence electrons. The van der Waals surface area contributed by atoms with Gasteiger partial charge in [0.05, 0.1) is 11.9 Å². The van der Waals surface area contributed by atoms with Crippen LogP contribution in [0.4, 0.5) is 5.69 Å². The smallest absolute Gasteiger partial charge is 0.242 e. The summed E-state index contributed by atoms with van der Waals surface area (Å²) in [5, 5.41) is 3.80. The summed E-state index contributed by atoms with van der Waals surface area (Å²) in [7, 11) is -3.57. The topological polar surface area (TPSA) is 86.8 Å². The minimum atomic E-state index is -3.57. The van der Waals surface area contributed by atoms with Gasteiger partial charge in [-0.2, -0.15) is 0 Å². The predicted octanol–water partition coefficient (Wildman–Crippen LogP) is 5.49. The van der Waals surface area contributed by atoms with Crippen LogP contribution < -0.4 is 9.62 Å². The number of benzene rings is 2. The standard InChI is InChI=1S/C27H37Cl2N3O4S/c1-7-20(4)30-27(34)21(5)31(17-22-12-13-23(28)16-24(22)29)26(33)9-8-14-32(37(6,35)36)25-15-18(2)10-11-19(25)3/h10-13,15-16,20-21H,7-9,14,17H2,1-6H3,(H,30,34)/t20-,21-/m0/s1. The minimum Gasteiger partial charge on any atom is -0.352 e. The number of hydrogen-bond donors (Lipinski definition) is 1. The van der Waals surface area contributed by atoms with E-state index < -0.39 is 16.1 Å². The van der Waals surface area contributed by atoms with Crippen LogP contribution in [0.15, 0.2) is 36.4 Å². The van der Waals surface area contributed by atoms with Crippen molar-refractivity contribution in [2.75, 3.05) is 17.1 Å². The number of sulfonamides is 1. The Balaban J connectivity index is 2.24. The van der Waals surface area contributed by atoms with Gasteiger partial charge in [-0.15, -0.1) is 0 Å². The van der Waals surface area contributed by atoms with Crippen molar-refractivity contribution in [2.24, 2.45) is 0 Å². The molecule has 0 aliphatic rings. The molecule has 10 heteroatoms. The van der Waals surface area contributed by atoms with E-state index in [1.807, 2.05) is 45.9 Å². The zero-order valence-electron chi connectivity index (χ0n) is 22.3. The van der Waals surface area contributed by atoms with Crippen LogP contribution in [0, 0.1) is 13.8 Å². The molecule has 0 spiro atoms. The highest BCUT2D eigenvalue weighted by atomic mass is 35.5. The SMILES string of the molecule is CC[C@H](C)NC(=O)[C@H](C)N(Cc1ccc(Cl)cc1Cl)C(=O)CCCN(c1cc(C)ccc1C)S(C)(=O)=O. The van der Waals surface area contributed by atoms with Crippen LogP contribution in [-0.4, -0.2) is 50.0 Å². The monoisotopic (exact) mass is 569 g/mol. The van der Waals surface area contributed by atoms with Gasteiger partial charge in [-0.05, 0) is 75.4 Å². The second kappa shape index (κ2) is 13.5. The van der Waals surface area contributed by atoms with Crippen LogP contribution in [0.25, 0.3) is 0 Å². The fraction of sp³-hybridized carbons (Fsp3) is 0.481. The molecule has 0 saturated carbocycles. The van der Waals surface area contributed by atoms with E-state index in [-0.39, 0.29) is 43.8 Å². The van der Waals surface area contributed by atoms with Crippen molar-refractivity contribution < 1.29 is 18.0 Å². The maximum atomic E-state index is 13.4. The van der Waals surface area contributed by atoms with Gasteiger partial charge in [-0.3, -0.25) is 13.9 Å². The van der Waals surface area contributed by atoms with Crippen LogP contribution >= 0.6 is 23.2 Å². The molecule has 2 rings (SSSR count). The molecule has 2 aromatic carbocycles. The number of carbonyl (C=O) groups is 2. The molecule has 2 atom stereocenters. The number of nitrogens with one attached hydrogen (secondary N) is 1. The molecule has 0 aromatic heterocycles. The summed E-state index contributed by atoms with van der Waals surface area (Å²) in [6.07, 6.45) is 2.26. The van der Waals surface area contributed by atoms with Crippen LogP contribution in [0.2, 0.25) is 10.0 Å². The Morgan fingerprint density at radius 3 is 2.32 bits per heavy atom.